The molecular formula is C13H21ClN2O. The summed E-state index contributed by atoms with van der Waals surface area (Å²) in [6, 6.07) is 7.90. The van der Waals surface area contributed by atoms with Gasteiger partial charge >= 0.3 is 0 Å². The van der Waals surface area contributed by atoms with E-state index in [9.17, 15) is 4.79 Å². The molecule has 17 heavy (non-hydrogen) atoms. The van der Waals surface area contributed by atoms with Crippen molar-refractivity contribution in [2.24, 2.45) is 5.92 Å². The molecule has 2 N–H and O–H groups in total. The van der Waals surface area contributed by atoms with Crippen LogP contribution in [0.3, 0.4) is 0 Å². The van der Waals surface area contributed by atoms with Crippen LogP contribution in [0.15, 0.2) is 24.3 Å². The van der Waals surface area contributed by atoms with E-state index in [-0.39, 0.29) is 18.3 Å². The minimum Gasteiger partial charge on any atom is -0.326 e. The number of carbonyl (C=O) groups excluding carboxylic acids is 1. The smallest absolute Gasteiger partial charge is 0.221 e. The van der Waals surface area contributed by atoms with Crippen molar-refractivity contribution in [2.45, 2.75) is 27.3 Å². The van der Waals surface area contributed by atoms with Gasteiger partial charge in [-0.05, 0) is 30.2 Å². The van der Waals surface area contributed by atoms with Crippen LogP contribution in [0.25, 0.3) is 0 Å². The number of halogens is 1. The van der Waals surface area contributed by atoms with Crippen molar-refractivity contribution >= 4 is 24.0 Å². The average molecular weight is 257 g/mol. The molecule has 4 heteroatoms. The first-order chi connectivity index (χ1) is 7.58. The van der Waals surface area contributed by atoms with Gasteiger partial charge in [-0.25, -0.2) is 0 Å². The number of benzene rings is 1. The number of amides is 1. The summed E-state index contributed by atoms with van der Waals surface area (Å²) in [7, 11) is 0. The fourth-order valence-corrected chi connectivity index (χ4v) is 1.41. The molecule has 1 aromatic carbocycles. The first-order valence-corrected chi connectivity index (χ1v) is 5.65. The van der Waals surface area contributed by atoms with Crippen LogP contribution in [0.4, 0.5) is 5.69 Å². The first kappa shape index (κ1) is 15.9. The van der Waals surface area contributed by atoms with E-state index < -0.39 is 0 Å². The number of hydrogen-bond donors (Lipinski definition) is 2. The van der Waals surface area contributed by atoms with E-state index in [2.05, 4.69) is 24.5 Å². The lowest BCUT2D eigenvalue weighted by Gasteiger charge is -2.08. The molecule has 3 nitrogen and oxygen atoms in total. The summed E-state index contributed by atoms with van der Waals surface area (Å²) in [4.78, 5) is 10.8. The highest BCUT2D eigenvalue weighted by Crippen LogP contribution is 2.09. The lowest BCUT2D eigenvalue weighted by Crippen LogP contribution is -2.18. The number of carbonyl (C=O) groups is 1. The Labute approximate surface area is 109 Å². The maximum Gasteiger partial charge on any atom is 0.221 e. The average Bonchev–Trinajstić information content (AvgIpc) is 2.19. The van der Waals surface area contributed by atoms with Crippen LogP contribution in [-0.2, 0) is 11.3 Å². The molecule has 0 heterocycles. The van der Waals surface area contributed by atoms with Gasteiger partial charge in [-0.2, -0.15) is 0 Å². The molecule has 0 saturated carbocycles. The number of rotatable bonds is 5. The maximum atomic E-state index is 10.8. The van der Waals surface area contributed by atoms with E-state index >= 15 is 0 Å². The minimum absolute atomic E-state index is 0. The Kier molecular flexibility index (Phi) is 7.59. The standard InChI is InChI=1S/C13H20N2O.ClH/c1-10(2)8-14-9-12-4-6-13(7-5-12)15-11(3)16;/h4-7,10,14H,8-9H2,1-3H3,(H,15,16);1H. The third-order valence-electron chi connectivity index (χ3n) is 2.16. The van der Waals surface area contributed by atoms with E-state index in [1.165, 1.54) is 12.5 Å². The Balaban J connectivity index is 0.00000256. The zero-order valence-electron chi connectivity index (χ0n) is 10.6. The highest BCUT2D eigenvalue weighted by molar-refractivity contribution is 5.88. The molecule has 0 unspecified atom stereocenters. The van der Waals surface area contributed by atoms with Crippen molar-refractivity contribution in [1.29, 1.82) is 0 Å². The summed E-state index contributed by atoms with van der Waals surface area (Å²) >= 11 is 0. The predicted octanol–water partition coefficient (Wildman–Crippen LogP) is 2.81. The molecule has 0 spiro atoms. The Bertz CT molecular complexity index is 336. The van der Waals surface area contributed by atoms with Crippen molar-refractivity contribution in [3.63, 3.8) is 0 Å². The number of nitrogens with one attached hydrogen (secondary N) is 2. The second-order valence-corrected chi connectivity index (χ2v) is 4.40. The highest BCUT2D eigenvalue weighted by Gasteiger charge is 1.97. The Morgan fingerprint density at radius 3 is 2.29 bits per heavy atom. The Morgan fingerprint density at radius 1 is 1.24 bits per heavy atom. The Morgan fingerprint density at radius 2 is 1.82 bits per heavy atom. The van der Waals surface area contributed by atoms with Crippen LogP contribution in [0, 0.1) is 5.92 Å². The van der Waals surface area contributed by atoms with Crippen LogP contribution >= 0.6 is 12.4 Å². The van der Waals surface area contributed by atoms with Crippen molar-refractivity contribution in [3.05, 3.63) is 29.8 Å². The van der Waals surface area contributed by atoms with Gasteiger partial charge in [-0.1, -0.05) is 26.0 Å². The lowest BCUT2D eigenvalue weighted by molar-refractivity contribution is -0.114. The normalized spacial score (nSPS) is 9.88. The first-order valence-electron chi connectivity index (χ1n) is 5.65. The quantitative estimate of drug-likeness (QED) is 0.851. The molecule has 1 aromatic rings. The summed E-state index contributed by atoms with van der Waals surface area (Å²) in [6.07, 6.45) is 0. The summed E-state index contributed by atoms with van der Waals surface area (Å²) in [5.41, 5.74) is 2.08. The molecule has 0 fully saturated rings. The number of anilines is 1. The van der Waals surface area contributed by atoms with E-state index in [4.69, 9.17) is 0 Å². The third kappa shape index (κ3) is 6.97. The molecular weight excluding hydrogens is 236 g/mol. The molecule has 0 aliphatic heterocycles. The number of hydrogen-bond acceptors (Lipinski definition) is 2. The monoisotopic (exact) mass is 256 g/mol. The largest absolute Gasteiger partial charge is 0.326 e. The molecule has 1 amide bonds. The van der Waals surface area contributed by atoms with E-state index in [0.29, 0.717) is 5.92 Å². The summed E-state index contributed by atoms with van der Waals surface area (Å²) < 4.78 is 0. The highest BCUT2D eigenvalue weighted by atomic mass is 35.5. The van der Waals surface area contributed by atoms with Gasteiger partial charge in [-0.15, -0.1) is 12.4 Å². The molecule has 0 aliphatic carbocycles. The topological polar surface area (TPSA) is 41.1 Å². The summed E-state index contributed by atoms with van der Waals surface area (Å²) in [5, 5.41) is 6.12. The SMILES string of the molecule is CC(=O)Nc1ccc(CNCC(C)C)cc1.Cl. The second-order valence-electron chi connectivity index (χ2n) is 4.40. The van der Waals surface area contributed by atoms with Gasteiger partial charge in [0.1, 0.15) is 0 Å². The van der Waals surface area contributed by atoms with Crippen molar-refractivity contribution < 1.29 is 4.79 Å². The molecule has 96 valence electrons. The van der Waals surface area contributed by atoms with Crippen LogP contribution < -0.4 is 10.6 Å². The van der Waals surface area contributed by atoms with Gasteiger partial charge in [0.2, 0.25) is 5.91 Å². The van der Waals surface area contributed by atoms with Gasteiger partial charge < -0.3 is 10.6 Å². The van der Waals surface area contributed by atoms with Crippen LogP contribution in [0.5, 0.6) is 0 Å². The summed E-state index contributed by atoms with van der Waals surface area (Å²) in [6.45, 7) is 7.78. The van der Waals surface area contributed by atoms with Crippen LogP contribution in [-0.4, -0.2) is 12.5 Å². The molecule has 0 bridgehead atoms. The zero-order chi connectivity index (χ0) is 12.0. The van der Waals surface area contributed by atoms with Crippen molar-refractivity contribution in [1.82, 2.24) is 5.32 Å². The molecule has 0 aromatic heterocycles. The lowest BCUT2D eigenvalue weighted by atomic mass is 10.2. The summed E-state index contributed by atoms with van der Waals surface area (Å²) in [5.74, 6) is 0.629. The van der Waals surface area contributed by atoms with Crippen molar-refractivity contribution in [2.75, 3.05) is 11.9 Å². The van der Waals surface area contributed by atoms with E-state index in [1.807, 2.05) is 24.3 Å². The van der Waals surface area contributed by atoms with Gasteiger partial charge in [-0.3, -0.25) is 4.79 Å². The minimum atomic E-state index is -0.0364. The van der Waals surface area contributed by atoms with Gasteiger partial charge in [0.15, 0.2) is 0 Å². The van der Waals surface area contributed by atoms with Gasteiger partial charge in [0.05, 0.1) is 0 Å². The molecule has 0 aliphatic rings. The van der Waals surface area contributed by atoms with E-state index in [0.717, 1.165) is 18.8 Å². The molecule has 0 saturated heterocycles. The van der Waals surface area contributed by atoms with Crippen LogP contribution in [0.1, 0.15) is 26.3 Å². The van der Waals surface area contributed by atoms with E-state index in [1.54, 1.807) is 0 Å². The molecule has 0 atom stereocenters. The maximum absolute atomic E-state index is 10.8. The van der Waals surface area contributed by atoms with Crippen molar-refractivity contribution in [3.8, 4) is 0 Å². The second kappa shape index (κ2) is 8.09. The Hall–Kier alpha value is -1.06. The fourth-order valence-electron chi connectivity index (χ4n) is 1.41. The van der Waals surface area contributed by atoms with Gasteiger partial charge in [0.25, 0.3) is 0 Å². The zero-order valence-corrected chi connectivity index (χ0v) is 11.4. The fraction of sp³-hybridized carbons (Fsp3) is 0.462. The predicted molar refractivity (Wildman–Crippen MR) is 74.5 cm³/mol. The third-order valence-corrected chi connectivity index (χ3v) is 2.16. The van der Waals surface area contributed by atoms with Gasteiger partial charge in [0, 0.05) is 19.2 Å². The molecule has 1 rings (SSSR count). The molecule has 0 radical (unpaired) electrons. The van der Waals surface area contributed by atoms with Crippen LogP contribution in [0.2, 0.25) is 0 Å².